The largest absolute Gasteiger partial charge is 0.501 e. The van der Waals surface area contributed by atoms with Crippen LogP contribution in [-0.4, -0.2) is 23.0 Å². The highest BCUT2D eigenvalue weighted by Crippen LogP contribution is 2.40. The van der Waals surface area contributed by atoms with Crippen LogP contribution in [0.3, 0.4) is 0 Å². The van der Waals surface area contributed by atoms with Gasteiger partial charge in [-0.3, -0.25) is 0 Å². The molecule has 1 heterocycles. The molecule has 1 aliphatic heterocycles. The molecule has 1 aromatic carbocycles. The maximum atomic E-state index is 6.24. The molecule has 1 unspecified atom stereocenters. The lowest BCUT2D eigenvalue weighted by molar-refractivity contribution is -0.0328. The van der Waals surface area contributed by atoms with E-state index in [0.717, 1.165) is 18.9 Å². The highest BCUT2D eigenvalue weighted by molar-refractivity contribution is 6.60. The first kappa shape index (κ1) is 12.8. The summed E-state index contributed by atoms with van der Waals surface area (Å²) in [5, 5.41) is 0. The van der Waals surface area contributed by atoms with Crippen molar-refractivity contribution in [1.82, 2.24) is 0 Å². The predicted molar refractivity (Wildman–Crippen MR) is 68.7 cm³/mol. The highest BCUT2D eigenvalue weighted by Gasteiger charge is 2.49. The predicted octanol–water partition coefficient (Wildman–Crippen LogP) is 2.94. The van der Waals surface area contributed by atoms with Crippen molar-refractivity contribution in [2.75, 3.05) is 14.2 Å². The van der Waals surface area contributed by atoms with E-state index in [1.807, 2.05) is 18.2 Å². The SMILES string of the molecule is CO[Si]1(OC)CCCC(C)(c2ccccc2)O1. The maximum absolute atomic E-state index is 6.24. The Hall–Kier alpha value is -0.683. The molecule has 0 bridgehead atoms. The van der Waals surface area contributed by atoms with Crippen LogP contribution in [0.15, 0.2) is 30.3 Å². The third kappa shape index (κ3) is 2.45. The third-order valence-corrected chi connectivity index (χ3v) is 6.50. The van der Waals surface area contributed by atoms with Gasteiger partial charge >= 0.3 is 8.80 Å². The second kappa shape index (κ2) is 4.90. The lowest BCUT2D eigenvalue weighted by Gasteiger charge is -2.42. The van der Waals surface area contributed by atoms with Crippen LogP contribution in [0.25, 0.3) is 0 Å². The first-order chi connectivity index (χ1) is 8.14. The van der Waals surface area contributed by atoms with Crippen molar-refractivity contribution >= 4 is 8.80 Å². The molecular formula is C13H20O3Si. The van der Waals surface area contributed by atoms with Gasteiger partial charge in [-0.25, -0.2) is 0 Å². The molecule has 1 atom stereocenters. The van der Waals surface area contributed by atoms with E-state index in [-0.39, 0.29) is 5.60 Å². The van der Waals surface area contributed by atoms with Gasteiger partial charge in [0.1, 0.15) is 0 Å². The summed E-state index contributed by atoms with van der Waals surface area (Å²) >= 11 is 0. The zero-order valence-corrected chi connectivity index (χ0v) is 11.7. The topological polar surface area (TPSA) is 27.7 Å². The standard InChI is InChI=1S/C13H20O3Si/c1-13(12-8-5-4-6-9-12)10-7-11-17(14-2,15-3)16-13/h4-6,8-9H,7,10-11H2,1-3H3. The van der Waals surface area contributed by atoms with E-state index in [4.69, 9.17) is 13.3 Å². The van der Waals surface area contributed by atoms with Gasteiger partial charge in [-0.05, 0) is 25.3 Å². The summed E-state index contributed by atoms with van der Waals surface area (Å²) in [4.78, 5) is 0. The molecule has 17 heavy (non-hydrogen) atoms. The summed E-state index contributed by atoms with van der Waals surface area (Å²) in [6.07, 6.45) is 2.10. The molecule has 3 nitrogen and oxygen atoms in total. The van der Waals surface area contributed by atoms with Gasteiger partial charge in [-0.2, -0.15) is 0 Å². The first-order valence-corrected chi connectivity index (χ1v) is 7.93. The minimum Gasteiger partial charge on any atom is -0.377 e. The van der Waals surface area contributed by atoms with E-state index in [1.54, 1.807) is 14.2 Å². The Morgan fingerprint density at radius 1 is 1.18 bits per heavy atom. The molecule has 1 saturated heterocycles. The van der Waals surface area contributed by atoms with Crippen LogP contribution in [0, 0.1) is 0 Å². The summed E-state index contributed by atoms with van der Waals surface area (Å²) in [5.74, 6) is 0. The van der Waals surface area contributed by atoms with Crippen molar-refractivity contribution in [3.05, 3.63) is 35.9 Å². The molecule has 0 radical (unpaired) electrons. The Labute approximate surface area is 104 Å². The number of benzene rings is 1. The zero-order valence-electron chi connectivity index (χ0n) is 10.7. The van der Waals surface area contributed by atoms with Crippen molar-refractivity contribution in [1.29, 1.82) is 0 Å². The summed E-state index contributed by atoms with van der Waals surface area (Å²) in [6.45, 7) is 2.13. The summed E-state index contributed by atoms with van der Waals surface area (Å²) in [7, 11) is 0.925. The van der Waals surface area contributed by atoms with Crippen LogP contribution in [0.4, 0.5) is 0 Å². The van der Waals surface area contributed by atoms with Crippen LogP contribution in [0.1, 0.15) is 25.3 Å². The first-order valence-electron chi connectivity index (χ1n) is 6.00. The van der Waals surface area contributed by atoms with Crippen molar-refractivity contribution in [2.45, 2.75) is 31.4 Å². The summed E-state index contributed by atoms with van der Waals surface area (Å²) < 4.78 is 17.3. The Morgan fingerprint density at radius 2 is 1.82 bits per heavy atom. The molecular weight excluding hydrogens is 232 g/mol. The minimum absolute atomic E-state index is 0.280. The molecule has 0 aliphatic carbocycles. The van der Waals surface area contributed by atoms with Crippen LogP contribution < -0.4 is 0 Å². The monoisotopic (exact) mass is 252 g/mol. The van der Waals surface area contributed by atoms with Gasteiger partial charge < -0.3 is 13.3 Å². The Kier molecular flexibility index (Phi) is 3.68. The van der Waals surface area contributed by atoms with E-state index in [1.165, 1.54) is 5.56 Å². The average molecular weight is 252 g/mol. The van der Waals surface area contributed by atoms with Gasteiger partial charge in [0.05, 0.1) is 5.60 Å². The maximum Gasteiger partial charge on any atom is 0.501 e. The molecule has 0 saturated carbocycles. The van der Waals surface area contributed by atoms with E-state index < -0.39 is 8.80 Å². The van der Waals surface area contributed by atoms with Gasteiger partial charge in [-0.15, -0.1) is 0 Å². The fourth-order valence-corrected chi connectivity index (χ4v) is 4.81. The number of rotatable bonds is 3. The van der Waals surface area contributed by atoms with E-state index in [9.17, 15) is 0 Å². The lowest BCUT2D eigenvalue weighted by Crippen LogP contribution is -2.52. The van der Waals surface area contributed by atoms with E-state index in [2.05, 4.69) is 19.1 Å². The van der Waals surface area contributed by atoms with Gasteiger partial charge in [0.25, 0.3) is 0 Å². The molecule has 2 rings (SSSR count). The Bertz CT molecular complexity index is 364. The van der Waals surface area contributed by atoms with Crippen molar-refractivity contribution in [2.24, 2.45) is 0 Å². The second-order valence-corrected chi connectivity index (χ2v) is 7.53. The minimum atomic E-state index is -2.45. The molecule has 0 N–H and O–H groups in total. The van der Waals surface area contributed by atoms with Crippen LogP contribution in [0.5, 0.6) is 0 Å². The summed E-state index contributed by atoms with van der Waals surface area (Å²) in [6, 6.07) is 11.2. The molecule has 1 aromatic rings. The van der Waals surface area contributed by atoms with Crippen molar-refractivity contribution < 1.29 is 13.3 Å². The fourth-order valence-electron chi connectivity index (χ4n) is 2.45. The van der Waals surface area contributed by atoms with Gasteiger partial charge in [-0.1, -0.05) is 30.3 Å². The second-order valence-electron chi connectivity index (χ2n) is 4.64. The highest BCUT2D eigenvalue weighted by atomic mass is 28.4. The van der Waals surface area contributed by atoms with Gasteiger partial charge in [0, 0.05) is 20.3 Å². The molecule has 0 spiro atoms. The van der Waals surface area contributed by atoms with E-state index in [0.29, 0.717) is 0 Å². The summed E-state index contributed by atoms with van der Waals surface area (Å²) in [5.41, 5.74) is 0.920. The van der Waals surface area contributed by atoms with E-state index >= 15 is 0 Å². The van der Waals surface area contributed by atoms with Crippen LogP contribution in [0.2, 0.25) is 6.04 Å². The Morgan fingerprint density at radius 3 is 2.41 bits per heavy atom. The van der Waals surface area contributed by atoms with Crippen molar-refractivity contribution in [3.8, 4) is 0 Å². The lowest BCUT2D eigenvalue weighted by atomic mass is 9.91. The van der Waals surface area contributed by atoms with Crippen LogP contribution in [-0.2, 0) is 18.9 Å². The Balaban J connectivity index is 2.26. The fraction of sp³-hybridized carbons (Fsp3) is 0.538. The smallest absolute Gasteiger partial charge is 0.377 e. The third-order valence-electron chi connectivity index (χ3n) is 3.52. The number of hydrogen-bond donors (Lipinski definition) is 0. The zero-order chi connectivity index (χ0) is 12.4. The van der Waals surface area contributed by atoms with Crippen LogP contribution >= 0.6 is 0 Å². The average Bonchev–Trinajstić information content (AvgIpc) is 2.40. The molecule has 1 aliphatic rings. The van der Waals surface area contributed by atoms with Gasteiger partial charge in [0.2, 0.25) is 0 Å². The quantitative estimate of drug-likeness (QED) is 0.774. The van der Waals surface area contributed by atoms with Crippen molar-refractivity contribution in [3.63, 3.8) is 0 Å². The normalized spacial score (nSPS) is 27.9. The molecule has 94 valence electrons. The van der Waals surface area contributed by atoms with Gasteiger partial charge in [0.15, 0.2) is 0 Å². The molecule has 0 aromatic heterocycles. The molecule has 0 amide bonds. The number of hydrogen-bond acceptors (Lipinski definition) is 3. The molecule has 4 heteroatoms. The molecule has 1 fully saturated rings.